The maximum Gasteiger partial charge on any atom is 0.141 e. The lowest BCUT2D eigenvalue weighted by atomic mass is 10.2. The smallest absolute Gasteiger partial charge is 0.141 e. The molecule has 0 saturated carbocycles. The van der Waals surface area contributed by atoms with Gasteiger partial charge in [-0.1, -0.05) is 41.9 Å². The molecule has 0 amide bonds. The van der Waals surface area contributed by atoms with Crippen LogP contribution in [0.5, 0.6) is 5.75 Å². The summed E-state index contributed by atoms with van der Waals surface area (Å²) in [6.45, 7) is 0.848. The van der Waals surface area contributed by atoms with Gasteiger partial charge in [-0.2, -0.15) is 0 Å². The van der Waals surface area contributed by atoms with Crippen LogP contribution in [0.2, 0.25) is 5.02 Å². The molecule has 0 saturated heterocycles. The van der Waals surface area contributed by atoms with Crippen LogP contribution in [0.25, 0.3) is 0 Å². The number of benzene rings is 3. The van der Waals surface area contributed by atoms with Crippen molar-refractivity contribution in [2.24, 2.45) is 0 Å². The third-order valence-electron chi connectivity index (χ3n) is 3.68. The van der Waals surface area contributed by atoms with Gasteiger partial charge >= 0.3 is 0 Å². The minimum absolute atomic E-state index is 0.0749. The van der Waals surface area contributed by atoms with E-state index < -0.39 is 5.82 Å². The fourth-order valence-electron chi connectivity index (χ4n) is 2.34. The molecular formula is C20H16ClF2NO. The first-order chi connectivity index (χ1) is 12.1. The Kier molecular flexibility index (Phi) is 5.51. The van der Waals surface area contributed by atoms with Gasteiger partial charge < -0.3 is 10.1 Å². The van der Waals surface area contributed by atoms with E-state index in [-0.39, 0.29) is 10.8 Å². The van der Waals surface area contributed by atoms with Gasteiger partial charge in [-0.3, -0.25) is 0 Å². The van der Waals surface area contributed by atoms with Crippen LogP contribution in [0.1, 0.15) is 11.1 Å². The van der Waals surface area contributed by atoms with Crippen LogP contribution in [0, 0.1) is 11.6 Å². The Morgan fingerprint density at radius 1 is 0.920 bits per heavy atom. The van der Waals surface area contributed by atoms with Crippen LogP contribution in [0.3, 0.4) is 0 Å². The highest BCUT2D eigenvalue weighted by atomic mass is 35.5. The molecule has 5 heteroatoms. The fraction of sp³-hybridized carbons (Fsp3) is 0.100. The van der Waals surface area contributed by atoms with E-state index in [1.54, 1.807) is 24.3 Å². The summed E-state index contributed by atoms with van der Waals surface area (Å²) in [5.74, 6) is 0.00842. The Labute approximate surface area is 150 Å². The van der Waals surface area contributed by atoms with Crippen LogP contribution < -0.4 is 10.1 Å². The van der Waals surface area contributed by atoms with Crippen molar-refractivity contribution in [2.45, 2.75) is 13.2 Å². The maximum absolute atomic E-state index is 13.2. The van der Waals surface area contributed by atoms with Crippen molar-refractivity contribution in [3.63, 3.8) is 0 Å². The first-order valence-electron chi connectivity index (χ1n) is 7.76. The third-order valence-corrected chi connectivity index (χ3v) is 3.97. The van der Waals surface area contributed by atoms with Crippen LogP contribution in [-0.2, 0) is 13.2 Å². The van der Waals surface area contributed by atoms with Crippen molar-refractivity contribution in [3.05, 3.63) is 94.5 Å². The topological polar surface area (TPSA) is 21.3 Å². The molecule has 1 N–H and O–H groups in total. The molecule has 0 atom stereocenters. The zero-order valence-corrected chi connectivity index (χ0v) is 14.1. The lowest BCUT2D eigenvalue weighted by molar-refractivity contribution is 0.303. The largest absolute Gasteiger partial charge is 0.489 e. The van der Waals surface area contributed by atoms with Crippen molar-refractivity contribution in [2.75, 3.05) is 5.32 Å². The average Bonchev–Trinajstić information content (AvgIpc) is 2.63. The van der Waals surface area contributed by atoms with Crippen molar-refractivity contribution >= 4 is 17.3 Å². The van der Waals surface area contributed by atoms with Gasteiger partial charge in [0.1, 0.15) is 24.0 Å². The summed E-state index contributed by atoms with van der Waals surface area (Å²) >= 11 is 5.79. The van der Waals surface area contributed by atoms with Gasteiger partial charge in [-0.15, -0.1) is 0 Å². The summed E-state index contributed by atoms with van der Waals surface area (Å²) in [6, 6.07) is 18.3. The second kappa shape index (κ2) is 7.99. The van der Waals surface area contributed by atoms with Crippen molar-refractivity contribution in [1.82, 2.24) is 0 Å². The number of rotatable bonds is 6. The lowest BCUT2D eigenvalue weighted by Gasteiger charge is -2.13. The van der Waals surface area contributed by atoms with Gasteiger partial charge in [0.15, 0.2) is 0 Å². The van der Waals surface area contributed by atoms with E-state index in [1.807, 2.05) is 24.3 Å². The minimum Gasteiger partial charge on any atom is -0.489 e. The maximum atomic E-state index is 13.2. The van der Waals surface area contributed by atoms with Crippen LogP contribution in [-0.4, -0.2) is 0 Å². The molecule has 0 radical (unpaired) electrons. The third kappa shape index (κ3) is 4.70. The van der Waals surface area contributed by atoms with E-state index in [4.69, 9.17) is 16.3 Å². The van der Waals surface area contributed by atoms with Crippen molar-refractivity contribution in [1.29, 1.82) is 0 Å². The van der Waals surface area contributed by atoms with E-state index in [0.29, 0.717) is 13.2 Å². The van der Waals surface area contributed by atoms with E-state index >= 15 is 0 Å². The van der Waals surface area contributed by atoms with E-state index in [1.165, 1.54) is 18.2 Å². The molecule has 0 fully saturated rings. The standard InChI is InChI=1S/C20H16ClF2NO/c21-18-11-17(9-10-19(18)23)24-12-15-3-1-2-4-20(15)25-13-14-5-7-16(22)8-6-14/h1-11,24H,12-13H2. The van der Waals surface area contributed by atoms with E-state index in [0.717, 1.165) is 22.6 Å². The van der Waals surface area contributed by atoms with Gasteiger partial charge in [0.2, 0.25) is 0 Å². The predicted molar refractivity (Wildman–Crippen MR) is 95.9 cm³/mol. The summed E-state index contributed by atoms with van der Waals surface area (Å²) in [5.41, 5.74) is 2.55. The number of halogens is 3. The molecule has 0 aliphatic carbocycles. The Morgan fingerprint density at radius 3 is 2.44 bits per heavy atom. The zero-order chi connectivity index (χ0) is 17.6. The minimum atomic E-state index is -0.449. The molecule has 3 aromatic carbocycles. The summed E-state index contributed by atoms with van der Waals surface area (Å²) in [4.78, 5) is 0. The molecule has 0 unspecified atom stereocenters. The fourth-order valence-corrected chi connectivity index (χ4v) is 2.52. The molecule has 0 aromatic heterocycles. The molecule has 2 nitrogen and oxygen atoms in total. The molecule has 128 valence electrons. The van der Waals surface area contributed by atoms with Crippen molar-refractivity contribution in [3.8, 4) is 5.75 Å². The quantitative estimate of drug-likeness (QED) is 0.599. The molecule has 0 bridgehead atoms. The van der Waals surface area contributed by atoms with Crippen molar-refractivity contribution < 1.29 is 13.5 Å². The summed E-state index contributed by atoms with van der Waals surface area (Å²) < 4.78 is 32.0. The van der Waals surface area contributed by atoms with Gasteiger partial charge in [0.05, 0.1) is 5.02 Å². The SMILES string of the molecule is Fc1ccc(COc2ccccc2CNc2ccc(F)c(Cl)c2)cc1. The highest BCUT2D eigenvalue weighted by molar-refractivity contribution is 6.31. The molecular weight excluding hydrogens is 344 g/mol. The van der Waals surface area contributed by atoms with Gasteiger partial charge in [0, 0.05) is 17.8 Å². The van der Waals surface area contributed by atoms with Gasteiger partial charge in [-0.25, -0.2) is 8.78 Å². The monoisotopic (exact) mass is 359 g/mol. The number of hydrogen-bond acceptors (Lipinski definition) is 2. The number of hydrogen-bond donors (Lipinski definition) is 1. The van der Waals surface area contributed by atoms with Crippen LogP contribution >= 0.6 is 11.6 Å². The molecule has 0 spiro atoms. The number of para-hydroxylation sites is 1. The number of nitrogens with one attached hydrogen (secondary N) is 1. The Hall–Kier alpha value is -2.59. The summed E-state index contributed by atoms with van der Waals surface area (Å²) in [5, 5.41) is 3.27. The molecule has 3 aromatic rings. The Bertz CT molecular complexity index is 853. The molecule has 25 heavy (non-hydrogen) atoms. The average molecular weight is 360 g/mol. The summed E-state index contributed by atoms with van der Waals surface area (Å²) in [7, 11) is 0. The molecule has 0 aliphatic heterocycles. The molecule has 3 rings (SSSR count). The van der Waals surface area contributed by atoms with Gasteiger partial charge in [0.25, 0.3) is 0 Å². The molecule has 0 aliphatic rings. The number of ether oxygens (including phenoxy) is 1. The molecule has 0 heterocycles. The summed E-state index contributed by atoms with van der Waals surface area (Å²) in [6.07, 6.45) is 0. The van der Waals surface area contributed by atoms with Crippen LogP contribution in [0.15, 0.2) is 66.7 Å². The van der Waals surface area contributed by atoms with E-state index in [2.05, 4.69) is 5.32 Å². The highest BCUT2D eigenvalue weighted by Gasteiger charge is 2.05. The first-order valence-corrected chi connectivity index (χ1v) is 8.14. The zero-order valence-electron chi connectivity index (χ0n) is 13.3. The normalized spacial score (nSPS) is 10.5. The van der Waals surface area contributed by atoms with E-state index in [9.17, 15) is 8.78 Å². The number of anilines is 1. The second-order valence-electron chi connectivity index (χ2n) is 5.51. The van der Waals surface area contributed by atoms with Crippen LogP contribution in [0.4, 0.5) is 14.5 Å². The predicted octanol–water partition coefficient (Wildman–Crippen LogP) is 5.81. The Morgan fingerprint density at radius 2 is 1.68 bits per heavy atom. The second-order valence-corrected chi connectivity index (χ2v) is 5.91. The Balaban J connectivity index is 1.65. The lowest BCUT2D eigenvalue weighted by Crippen LogP contribution is -2.04. The van der Waals surface area contributed by atoms with Gasteiger partial charge in [-0.05, 0) is 42.0 Å². The first kappa shape index (κ1) is 17.2. The highest BCUT2D eigenvalue weighted by Crippen LogP contribution is 2.23.